The molecule has 0 fully saturated rings. The van der Waals surface area contributed by atoms with Gasteiger partial charge in [0.2, 0.25) is 0 Å². The van der Waals surface area contributed by atoms with E-state index in [1.165, 1.54) is 32.1 Å². The molecule has 0 aromatic rings. The molecule has 0 aliphatic carbocycles. The molecular formula is C12H27NaO4S. The van der Waals surface area contributed by atoms with Crippen molar-refractivity contribution in [3.8, 4) is 0 Å². The second-order valence-corrected chi connectivity index (χ2v) is 6.21. The van der Waals surface area contributed by atoms with Gasteiger partial charge in [-0.15, -0.1) is 0 Å². The number of hydrogen-bond donors (Lipinski definition) is 2. The summed E-state index contributed by atoms with van der Waals surface area (Å²) in [4.78, 5) is 0. The van der Waals surface area contributed by atoms with Gasteiger partial charge in [0.1, 0.15) is 0 Å². The second kappa shape index (κ2) is 12.9. The Morgan fingerprint density at radius 3 is 1.94 bits per heavy atom. The van der Waals surface area contributed by atoms with Gasteiger partial charge in [-0.05, 0) is 12.8 Å². The maximum absolute atomic E-state index is 10.5. The van der Waals surface area contributed by atoms with Crippen LogP contribution in [0.15, 0.2) is 0 Å². The summed E-state index contributed by atoms with van der Waals surface area (Å²) in [6.45, 7) is 2.19. The van der Waals surface area contributed by atoms with Crippen molar-refractivity contribution < 1.29 is 18.1 Å². The quantitative estimate of drug-likeness (QED) is 0.347. The van der Waals surface area contributed by atoms with Gasteiger partial charge in [-0.2, -0.15) is 8.42 Å². The Hall–Kier alpha value is 0.870. The van der Waals surface area contributed by atoms with Crippen LogP contribution in [0.2, 0.25) is 0 Å². The summed E-state index contributed by atoms with van der Waals surface area (Å²) in [5, 5.41) is 9.48. The van der Waals surface area contributed by atoms with Crippen LogP contribution in [0.1, 0.15) is 64.7 Å². The fourth-order valence-electron chi connectivity index (χ4n) is 1.77. The van der Waals surface area contributed by atoms with Crippen molar-refractivity contribution in [2.24, 2.45) is 0 Å². The molecule has 1 unspecified atom stereocenters. The number of aliphatic hydroxyl groups excluding tert-OH is 1. The molecule has 1 atom stereocenters. The van der Waals surface area contributed by atoms with Gasteiger partial charge >= 0.3 is 29.6 Å². The molecule has 0 aliphatic heterocycles. The topological polar surface area (TPSA) is 74.6 Å². The molecule has 0 radical (unpaired) electrons. The van der Waals surface area contributed by atoms with Gasteiger partial charge in [-0.25, -0.2) is 0 Å². The van der Waals surface area contributed by atoms with Crippen LogP contribution in [-0.4, -0.2) is 59.5 Å². The Labute approximate surface area is 134 Å². The minimum absolute atomic E-state index is 0. The molecule has 4 nitrogen and oxygen atoms in total. The first-order valence-electron chi connectivity index (χ1n) is 6.59. The first kappa shape index (κ1) is 21.2. The molecule has 18 heavy (non-hydrogen) atoms. The van der Waals surface area contributed by atoms with Crippen molar-refractivity contribution in [3.63, 3.8) is 0 Å². The van der Waals surface area contributed by atoms with Crippen molar-refractivity contribution in [2.45, 2.75) is 70.8 Å². The van der Waals surface area contributed by atoms with Gasteiger partial charge in [0.15, 0.2) is 0 Å². The molecule has 0 rings (SSSR count). The molecule has 2 N–H and O–H groups in total. The van der Waals surface area contributed by atoms with E-state index in [0.717, 1.165) is 12.8 Å². The zero-order chi connectivity index (χ0) is 13.1. The summed E-state index contributed by atoms with van der Waals surface area (Å²) in [6, 6.07) is 0. The van der Waals surface area contributed by atoms with E-state index in [1.807, 2.05) is 0 Å². The normalized spacial score (nSPS) is 13.1. The van der Waals surface area contributed by atoms with E-state index in [4.69, 9.17) is 4.55 Å². The van der Waals surface area contributed by atoms with Crippen molar-refractivity contribution >= 4 is 39.7 Å². The molecule has 0 aromatic carbocycles. The SMILES string of the molecule is CCCCCCCCCC(O)CCS(=O)(=O)O.[NaH]. The number of aliphatic hydroxyl groups is 1. The van der Waals surface area contributed by atoms with E-state index < -0.39 is 16.2 Å². The minimum atomic E-state index is -3.92. The average molecular weight is 290 g/mol. The Kier molecular flexibility index (Phi) is 15.2. The number of hydrogen-bond acceptors (Lipinski definition) is 3. The van der Waals surface area contributed by atoms with Crippen LogP contribution in [0.3, 0.4) is 0 Å². The predicted octanol–water partition coefficient (Wildman–Crippen LogP) is 2.12. The average Bonchev–Trinajstić information content (AvgIpc) is 2.24. The fourth-order valence-corrected chi connectivity index (χ4v) is 2.34. The summed E-state index contributed by atoms with van der Waals surface area (Å²) in [5.74, 6) is -0.343. The van der Waals surface area contributed by atoms with Crippen molar-refractivity contribution in [1.82, 2.24) is 0 Å². The van der Waals surface area contributed by atoms with E-state index in [0.29, 0.717) is 6.42 Å². The van der Waals surface area contributed by atoms with Crippen LogP contribution in [0.5, 0.6) is 0 Å². The first-order chi connectivity index (χ1) is 7.95. The van der Waals surface area contributed by atoms with Crippen LogP contribution >= 0.6 is 0 Å². The summed E-state index contributed by atoms with van der Waals surface area (Å²) in [5.41, 5.74) is 0. The van der Waals surface area contributed by atoms with Crippen LogP contribution in [0.25, 0.3) is 0 Å². The van der Waals surface area contributed by atoms with E-state index >= 15 is 0 Å². The van der Waals surface area contributed by atoms with Crippen LogP contribution in [0.4, 0.5) is 0 Å². The van der Waals surface area contributed by atoms with Crippen LogP contribution < -0.4 is 0 Å². The zero-order valence-electron chi connectivity index (χ0n) is 10.8. The molecule has 106 valence electrons. The molecule has 0 bridgehead atoms. The van der Waals surface area contributed by atoms with E-state index in [1.54, 1.807) is 0 Å². The Bertz CT molecular complexity index is 267. The number of unbranched alkanes of at least 4 members (excludes halogenated alkanes) is 6. The summed E-state index contributed by atoms with van der Waals surface area (Å²) >= 11 is 0. The number of rotatable bonds is 11. The van der Waals surface area contributed by atoms with Crippen LogP contribution in [-0.2, 0) is 10.1 Å². The zero-order valence-corrected chi connectivity index (χ0v) is 11.6. The maximum atomic E-state index is 10.5. The molecule has 0 aliphatic rings. The standard InChI is InChI=1S/C12H26O4S.Na.H/c1-2-3-4-5-6-7-8-9-12(13)10-11-17(14,15)16;;/h12-13H,2-11H2,1H3,(H,14,15,16);;. The summed E-state index contributed by atoms with van der Waals surface area (Å²) in [6.07, 6.45) is 8.42. The molecule has 0 saturated carbocycles. The fraction of sp³-hybridized carbons (Fsp3) is 1.00. The Morgan fingerprint density at radius 1 is 0.944 bits per heavy atom. The van der Waals surface area contributed by atoms with E-state index in [9.17, 15) is 13.5 Å². The van der Waals surface area contributed by atoms with Gasteiger partial charge in [0.25, 0.3) is 10.1 Å². The first-order valence-corrected chi connectivity index (χ1v) is 8.20. The second-order valence-electron chi connectivity index (χ2n) is 4.64. The summed E-state index contributed by atoms with van der Waals surface area (Å²) < 4.78 is 29.4. The van der Waals surface area contributed by atoms with Gasteiger partial charge < -0.3 is 5.11 Å². The van der Waals surface area contributed by atoms with Crippen molar-refractivity contribution in [3.05, 3.63) is 0 Å². The van der Waals surface area contributed by atoms with E-state index in [2.05, 4.69) is 6.92 Å². The molecular weight excluding hydrogens is 263 g/mol. The van der Waals surface area contributed by atoms with Crippen molar-refractivity contribution in [1.29, 1.82) is 0 Å². The molecule has 0 heterocycles. The monoisotopic (exact) mass is 290 g/mol. The third-order valence-electron chi connectivity index (χ3n) is 2.85. The Balaban J connectivity index is 0. The summed E-state index contributed by atoms with van der Waals surface area (Å²) in [7, 11) is -3.92. The predicted molar refractivity (Wildman–Crippen MR) is 76.8 cm³/mol. The van der Waals surface area contributed by atoms with Gasteiger partial charge in [-0.1, -0.05) is 51.9 Å². The van der Waals surface area contributed by atoms with E-state index in [-0.39, 0.29) is 41.7 Å². The molecule has 0 amide bonds. The Morgan fingerprint density at radius 2 is 1.44 bits per heavy atom. The third kappa shape index (κ3) is 16.9. The van der Waals surface area contributed by atoms with Crippen molar-refractivity contribution in [2.75, 3.05) is 5.75 Å². The molecule has 0 saturated heterocycles. The molecule has 0 spiro atoms. The third-order valence-corrected chi connectivity index (χ3v) is 3.60. The molecule has 6 heteroatoms. The molecule has 0 aromatic heterocycles. The van der Waals surface area contributed by atoms with Gasteiger partial charge in [-0.3, -0.25) is 4.55 Å². The van der Waals surface area contributed by atoms with Gasteiger partial charge in [0.05, 0.1) is 11.9 Å². The van der Waals surface area contributed by atoms with Gasteiger partial charge in [0, 0.05) is 0 Å². The van der Waals surface area contributed by atoms with Crippen LogP contribution in [0, 0.1) is 0 Å².